The summed E-state index contributed by atoms with van der Waals surface area (Å²) < 4.78 is 2.09. The third-order valence-electron chi connectivity index (χ3n) is 3.27. The molecule has 0 unspecified atom stereocenters. The maximum Gasteiger partial charge on any atom is 0.180 e. The van der Waals surface area contributed by atoms with E-state index in [1.807, 2.05) is 20.2 Å². The van der Waals surface area contributed by atoms with Gasteiger partial charge in [0.05, 0.1) is 12.5 Å². The molecule has 100 valence electrons. The average molecular weight is 297 g/mol. The van der Waals surface area contributed by atoms with Gasteiger partial charge < -0.3 is 4.57 Å². The summed E-state index contributed by atoms with van der Waals surface area (Å²) in [4.78, 5) is 12.9. The van der Waals surface area contributed by atoms with Gasteiger partial charge in [-0.15, -0.1) is 0 Å². The summed E-state index contributed by atoms with van der Waals surface area (Å²) >= 11 is 12.5. The Labute approximate surface area is 121 Å². The van der Waals surface area contributed by atoms with Gasteiger partial charge >= 0.3 is 0 Å². The highest BCUT2D eigenvalue weighted by Gasteiger charge is 2.27. The molecule has 0 saturated heterocycles. The fraction of sp³-hybridized carbons (Fsp3) is 0.462. The van der Waals surface area contributed by atoms with Crippen molar-refractivity contribution in [1.82, 2.24) is 19.5 Å². The third-order valence-corrected chi connectivity index (χ3v) is 3.84. The van der Waals surface area contributed by atoms with Crippen LogP contribution in [0.4, 0.5) is 0 Å². The lowest BCUT2D eigenvalue weighted by Crippen LogP contribution is -2.02. The van der Waals surface area contributed by atoms with Crippen molar-refractivity contribution in [3.63, 3.8) is 0 Å². The minimum atomic E-state index is 0.197. The molecule has 0 aromatic carbocycles. The summed E-state index contributed by atoms with van der Waals surface area (Å²) in [7, 11) is 0. The fourth-order valence-corrected chi connectivity index (χ4v) is 2.95. The minimum Gasteiger partial charge on any atom is -0.325 e. The number of hydrogen-bond donors (Lipinski definition) is 0. The molecule has 0 atom stereocenters. The zero-order valence-electron chi connectivity index (χ0n) is 10.8. The smallest absolute Gasteiger partial charge is 0.180 e. The highest BCUT2D eigenvalue weighted by molar-refractivity contribution is 6.34. The normalized spacial score (nSPS) is 15.2. The van der Waals surface area contributed by atoms with Gasteiger partial charge in [0.2, 0.25) is 0 Å². The zero-order chi connectivity index (χ0) is 13.6. The monoisotopic (exact) mass is 296 g/mol. The van der Waals surface area contributed by atoms with E-state index in [9.17, 15) is 0 Å². The number of halogens is 2. The minimum absolute atomic E-state index is 0.197. The number of nitrogens with zero attached hydrogens (tertiary/aromatic N) is 4. The Morgan fingerprint density at radius 1 is 1.21 bits per heavy atom. The van der Waals surface area contributed by atoms with Gasteiger partial charge in [-0.1, -0.05) is 37.0 Å². The maximum atomic E-state index is 6.23. The molecule has 3 rings (SSSR count). The number of rotatable bonds is 3. The summed E-state index contributed by atoms with van der Waals surface area (Å²) in [6, 6.07) is 0.517. The van der Waals surface area contributed by atoms with Crippen molar-refractivity contribution in [3.05, 3.63) is 28.4 Å². The van der Waals surface area contributed by atoms with Crippen LogP contribution in [0.1, 0.15) is 44.2 Å². The van der Waals surface area contributed by atoms with E-state index >= 15 is 0 Å². The van der Waals surface area contributed by atoms with Crippen LogP contribution in [-0.2, 0) is 0 Å². The van der Waals surface area contributed by atoms with Crippen molar-refractivity contribution >= 4 is 23.2 Å². The molecular weight excluding hydrogens is 283 g/mol. The van der Waals surface area contributed by atoms with Gasteiger partial charge in [0.1, 0.15) is 16.0 Å². The van der Waals surface area contributed by atoms with E-state index < -0.39 is 0 Å². The molecule has 0 amide bonds. The molecule has 6 heteroatoms. The summed E-state index contributed by atoms with van der Waals surface area (Å²) in [5.74, 6) is 0.742. The van der Waals surface area contributed by atoms with Crippen LogP contribution in [0.2, 0.25) is 10.3 Å². The highest BCUT2D eigenvalue weighted by Crippen LogP contribution is 2.38. The van der Waals surface area contributed by atoms with E-state index in [0.717, 1.165) is 11.3 Å². The summed E-state index contributed by atoms with van der Waals surface area (Å²) in [5.41, 5.74) is 1.67. The quantitative estimate of drug-likeness (QED) is 0.801. The van der Waals surface area contributed by atoms with Crippen LogP contribution in [-0.4, -0.2) is 19.5 Å². The first-order valence-electron chi connectivity index (χ1n) is 6.33. The Morgan fingerprint density at radius 3 is 2.37 bits per heavy atom. The molecular formula is C13H14Cl2N4. The van der Waals surface area contributed by atoms with E-state index in [1.165, 1.54) is 12.8 Å². The van der Waals surface area contributed by atoms with Crippen LogP contribution in [0.5, 0.6) is 0 Å². The Bertz CT molecular complexity index is 594. The second-order valence-electron chi connectivity index (χ2n) is 5.11. The molecule has 0 bridgehead atoms. The standard InChI is InChI=1S/C13H14Cl2N4/c1-7(2)10-11(14)17-13(18-12(10)15)9-5-16-6-19(9)8-3-4-8/h5-8H,3-4H2,1-2H3. The molecule has 1 aliphatic carbocycles. The Hall–Kier alpha value is -1.13. The second-order valence-corrected chi connectivity index (χ2v) is 5.83. The Balaban J connectivity index is 2.08. The molecule has 0 N–H and O–H groups in total. The summed E-state index contributed by atoms with van der Waals surface area (Å²) in [6.07, 6.45) is 5.92. The number of imidazole rings is 1. The average Bonchev–Trinajstić information content (AvgIpc) is 3.05. The third kappa shape index (κ3) is 2.35. The first-order chi connectivity index (χ1) is 9.08. The van der Waals surface area contributed by atoms with Crippen LogP contribution in [0, 0.1) is 0 Å². The second kappa shape index (κ2) is 4.76. The van der Waals surface area contributed by atoms with Crippen molar-refractivity contribution < 1.29 is 0 Å². The molecule has 0 aliphatic heterocycles. The molecule has 0 radical (unpaired) electrons. The van der Waals surface area contributed by atoms with Gasteiger partial charge in [-0.05, 0) is 18.8 Å². The molecule has 0 spiro atoms. The van der Waals surface area contributed by atoms with Crippen molar-refractivity contribution in [1.29, 1.82) is 0 Å². The highest BCUT2D eigenvalue weighted by atomic mass is 35.5. The number of aromatic nitrogens is 4. The molecule has 2 aromatic rings. The van der Waals surface area contributed by atoms with Crippen molar-refractivity contribution in [2.45, 2.75) is 38.6 Å². The summed E-state index contributed by atoms with van der Waals surface area (Å²) in [6.45, 7) is 4.04. The van der Waals surface area contributed by atoms with Crippen molar-refractivity contribution in [2.75, 3.05) is 0 Å². The first-order valence-corrected chi connectivity index (χ1v) is 7.08. The lowest BCUT2D eigenvalue weighted by Gasteiger charge is -2.11. The molecule has 1 fully saturated rings. The van der Waals surface area contributed by atoms with E-state index in [0.29, 0.717) is 22.2 Å². The van der Waals surface area contributed by atoms with Gasteiger partial charge in [-0.25, -0.2) is 15.0 Å². The SMILES string of the molecule is CC(C)c1c(Cl)nc(-c2cncn2C2CC2)nc1Cl. The summed E-state index contributed by atoms with van der Waals surface area (Å²) in [5, 5.41) is 0.849. The Morgan fingerprint density at radius 2 is 1.84 bits per heavy atom. The fourth-order valence-electron chi connectivity index (χ4n) is 2.13. The van der Waals surface area contributed by atoms with Crippen molar-refractivity contribution in [2.24, 2.45) is 0 Å². The van der Waals surface area contributed by atoms with E-state index in [2.05, 4.69) is 19.5 Å². The van der Waals surface area contributed by atoms with E-state index in [-0.39, 0.29) is 5.92 Å². The Kier molecular flexibility index (Phi) is 3.23. The van der Waals surface area contributed by atoms with Crippen LogP contribution < -0.4 is 0 Å². The molecule has 19 heavy (non-hydrogen) atoms. The van der Waals surface area contributed by atoms with Gasteiger partial charge in [0, 0.05) is 11.6 Å². The van der Waals surface area contributed by atoms with Crippen molar-refractivity contribution in [3.8, 4) is 11.5 Å². The molecule has 1 saturated carbocycles. The lowest BCUT2D eigenvalue weighted by molar-refractivity contribution is 0.742. The van der Waals surface area contributed by atoms with Crippen LogP contribution >= 0.6 is 23.2 Å². The van der Waals surface area contributed by atoms with Crippen LogP contribution in [0.25, 0.3) is 11.5 Å². The molecule has 4 nitrogen and oxygen atoms in total. The molecule has 2 aromatic heterocycles. The maximum absolute atomic E-state index is 6.23. The molecule has 2 heterocycles. The van der Waals surface area contributed by atoms with Crippen LogP contribution in [0.3, 0.4) is 0 Å². The van der Waals surface area contributed by atoms with Gasteiger partial charge in [-0.3, -0.25) is 0 Å². The van der Waals surface area contributed by atoms with Crippen LogP contribution in [0.15, 0.2) is 12.5 Å². The molecule has 1 aliphatic rings. The predicted molar refractivity (Wildman–Crippen MR) is 75.6 cm³/mol. The topological polar surface area (TPSA) is 43.6 Å². The zero-order valence-corrected chi connectivity index (χ0v) is 12.3. The lowest BCUT2D eigenvalue weighted by atomic mass is 10.1. The number of hydrogen-bond acceptors (Lipinski definition) is 3. The van der Waals surface area contributed by atoms with Gasteiger partial charge in [0.15, 0.2) is 5.82 Å². The first kappa shape index (κ1) is 12.9. The largest absolute Gasteiger partial charge is 0.325 e. The van der Waals surface area contributed by atoms with Gasteiger partial charge in [0.25, 0.3) is 0 Å². The van der Waals surface area contributed by atoms with E-state index in [1.54, 1.807) is 6.20 Å². The van der Waals surface area contributed by atoms with E-state index in [4.69, 9.17) is 23.2 Å². The predicted octanol–water partition coefficient (Wildman–Crippen LogP) is 4.11. The van der Waals surface area contributed by atoms with Gasteiger partial charge in [-0.2, -0.15) is 0 Å².